The van der Waals surface area contributed by atoms with Crippen molar-refractivity contribution in [1.29, 1.82) is 0 Å². The summed E-state index contributed by atoms with van der Waals surface area (Å²) in [5.41, 5.74) is 3.16. The molecule has 5 nitrogen and oxygen atoms in total. The highest BCUT2D eigenvalue weighted by Gasteiger charge is 2.61. The molecule has 2 aromatic rings. The lowest BCUT2D eigenvalue weighted by Gasteiger charge is -2.34. The highest BCUT2D eigenvalue weighted by atomic mass is 32.2. The number of hydrogen-bond acceptors (Lipinski definition) is 5. The van der Waals surface area contributed by atoms with Crippen LogP contribution in [0.3, 0.4) is 0 Å². The Balaban J connectivity index is 1.52. The third kappa shape index (κ3) is 2.54. The standard InChI is InChI=1S/C20H24N4OS/c1-12(17(25)21-13-8-6-5-7-9-13)26-18-22-16-15(23-24-18)14-10-11-20(16,4)19(14,2)3/h5-9,12,14H,10-11H2,1-4H3,(H,21,25)/t12-,14+,20+/m1/s1. The number of nitrogens with zero attached hydrogens (tertiary/aromatic N) is 3. The van der Waals surface area contributed by atoms with Crippen LogP contribution in [0.1, 0.15) is 57.8 Å². The second-order valence-corrected chi connectivity index (χ2v) is 9.40. The van der Waals surface area contributed by atoms with Crippen LogP contribution in [0.4, 0.5) is 5.69 Å². The summed E-state index contributed by atoms with van der Waals surface area (Å²) in [4.78, 5) is 17.3. The average molecular weight is 369 g/mol. The Bertz CT molecular complexity index is 854. The summed E-state index contributed by atoms with van der Waals surface area (Å²) < 4.78 is 0. The number of benzene rings is 1. The lowest BCUT2D eigenvalue weighted by Crippen LogP contribution is -2.32. The van der Waals surface area contributed by atoms with Gasteiger partial charge in [0.25, 0.3) is 0 Å². The first-order valence-corrected chi connectivity index (χ1v) is 9.98. The van der Waals surface area contributed by atoms with Crippen LogP contribution in [-0.4, -0.2) is 26.3 Å². The van der Waals surface area contributed by atoms with E-state index in [4.69, 9.17) is 4.98 Å². The fraction of sp³-hybridized carbons (Fsp3) is 0.500. The number of aromatic nitrogens is 3. The summed E-state index contributed by atoms with van der Waals surface area (Å²) in [6, 6.07) is 9.48. The van der Waals surface area contributed by atoms with Crippen LogP contribution in [-0.2, 0) is 10.2 Å². The summed E-state index contributed by atoms with van der Waals surface area (Å²) in [6.45, 7) is 8.80. The topological polar surface area (TPSA) is 67.8 Å². The number of para-hydroxylation sites is 1. The summed E-state index contributed by atoms with van der Waals surface area (Å²) in [7, 11) is 0. The number of hydrogen-bond donors (Lipinski definition) is 1. The summed E-state index contributed by atoms with van der Waals surface area (Å²) in [5.74, 6) is 0.388. The van der Waals surface area contributed by atoms with Crippen molar-refractivity contribution in [3.63, 3.8) is 0 Å². The van der Waals surface area contributed by atoms with Crippen molar-refractivity contribution in [2.45, 2.75) is 62.3 Å². The van der Waals surface area contributed by atoms with Crippen molar-refractivity contribution < 1.29 is 4.79 Å². The van der Waals surface area contributed by atoms with E-state index >= 15 is 0 Å². The first-order chi connectivity index (χ1) is 12.3. The molecule has 1 heterocycles. The van der Waals surface area contributed by atoms with Gasteiger partial charge in [0.2, 0.25) is 11.1 Å². The zero-order valence-electron chi connectivity index (χ0n) is 15.6. The Morgan fingerprint density at radius 2 is 1.96 bits per heavy atom. The van der Waals surface area contributed by atoms with Crippen molar-refractivity contribution in [2.75, 3.05) is 5.32 Å². The highest BCUT2D eigenvalue weighted by Crippen LogP contribution is 2.66. The van der Waals surface area contributed by atoms with Crippen molar-refractivity contribution in [3.8, 4) is 0 Å². The first-order valence-electron chi connectivity index (χ1n) is 9.10. The van der Waals surface area contributed by atoms with Gasteiger partial charge in [-0.15, -0.1) is 5.10 Å². The molecule has 3 atom stereocenters. The average Bonchev–Trinajstić information content (AvgIpc) is 2.95. The largest absolute Gasteiger partial charge is 0.325 e. The Morgan fingerprint density at radius 1 is 1.23 bits per heavy atom. The van der Waals surface area contributed by atoms with Gasteiger partial charge >= 0.3 is 0 Å². The summed E-state index contributed by atoms with van der Waals surface area (Å²) in [5, 5.41) is 12.0. The molecule has 1 N–H and O–H groups in total. The molecule has 6 heteroatoms. The van der Waals surface area contributed by atoms with Crippen LogP contribution in [0.2, 0.25) is 0 Å². The van der Waals surface area contributed by atoms with E-state index in [-0.39, 0.29) is 22.0 Å². The molecule has 1 amide bonds. The van der Waals surface area contributed by atoms with E-state index in [0.717, 1.165) is 29.9 Å². The minimum Gasteiger partial charge on any atom is -0.325 e. The van der Waals surface area contributed by atoms with Gasteiger partial charge in [-0.05, 0) is 37.3 Å². The predicted molar refractivity (Wildman–Crippen MR) is 103 cm³/mol. The van der Waals surface area contributed by atoms with E-state index in [2.05, 4.69) is 36.3 Å². The molecule has 136 valence electrons. The lowest BCUT2D eigenvalue weighted by molar-refractivity contribution is -0.115. The molecule has 1 fully saturated rings. The maximum absolute atomic E-state index is 12.4. The molecule has 0 radical (unpaired) electrons. The number of amides is 1. The van der Waals surface area contributed by atoms with Gasteiger partial charge in [-0.2, -0.15) is 5.10 Å². The van der Waals surface area contributed by atoms with E-state index in [1.807, 2.05) is 37.3 Å². The zero-order chi connectivity index (χ0) is 18.5. The van der Waals surface area contributed by atoms with Crippen LogP contribution in [0.25, 0.3) is 0 Å². The molecule has 2 aliphatic rings. The van der Waals surface area contributed by atoms with E-state index in [0.29, 0.717) is 11.1 Å². The molecule has 1 saturated carbocycles. The quantitative estimate of drug-likeness (QED) is 0.821. The molecule has 1 aromatic carbocycles. The molecular formula is C20H24N4OS. The third-order valence-corrected chi connectivity index (χ3v) is 7.42. The SMILES string of the molecule is C[C@@H](Sc1nnc2c(n1)[C@]1(C)CC[C@@H]2C1(C)C)C(=O)Nc1ccccc1. The highest BCUT2D eigenvalue weighted by molar-refractivity contribution is 8.00. The van der Waals surface area contributed by atoms with Gasteiger partial charge in [0.1, 0.15) is 0 Å². The smallest absolute Gasteiger partial charge is 0.237 e. The van der Waals surface area contributed by atoms with Crippen molar-refractivity contribution in [2.24, 2.45) is 5.41 Å². The normalized spacial score (nSPS) is 26.4. The zero-order valence-corrected chi connectivity index (χ0v) is 16.4. The van der Waals surface area contributed by atoms with E-state index in [1.165, 1.54) is 11.8 Å². The number of thioether (sulfide) groups is 1. The summed E-state index contributed by atoms with van der Waals surface area (Å²) in [6.07, 6.45) is 2.31. The molecule has 0 spiro atoms. The van der Waals surface area contributed by atoms with Crippen LogP contribution in [0.5, 0.6) is 0 Å². The lowest BCUT2D eigenvalue weighted by atomic mass is 9.70. The maximum atomic E-state index is 12.4. The third-order valence-electron chi connectivity index (χ3n) is 6.47. The van der Waals surface area contributed by atoms with Gasteiger partial charge < -0.3 is 5.32 Å². The number of anilines is 1. The Hall–Kier alpha value is -1.95. The molecular weight excluding hydrogens is 344 g/mol. The number of rotatable bonds is 4. The minimum absolute atomic E-state index is 0.0494. The fourth-order valence-corrected chi connectivity index (χ4v) is 5.10. The van der Waals surface area contributed by atoms with Gasteiger partial charge in [0.15, 0.2) is 0 Å². The van der Waals surface area contributed by atoms with Gasteiger partial charge in [-0.1, -0.05) is 50.7 Å². The van der Waals surface area contributed by atoms with Crippen LogP contribution in [0, 0.1) is 5.41 Å². The molecule has 26 heavy (non-hydrogen) atoms. The van der Waals surface area contributed by atoms with Crippen molar-refractivity contribution in [3.05, 3.63) is 41.7 Å². The van der Waals surface area contributed by atoms with E-state index < -0.39 is 0 Å². The monoisotopic (exact) mass is 368 g/mol. The van der Waals surface area contributed by atoms with Gasteiger partial charge in [0.05, 0.1) is 16.6 Å². The second-order valence-electron chi connectivity index (χ2n) is 8.09. The molecule has 2 aliphatic carbocycles. The van der Waals surface area contributed by atoms with E-state index in [1.54, 1.807) is 0 Å². The summed E-state index contributed by atoms with van der Waals surface area (Å²) >= 11 is 1.37. The number of fused-ring (bicyclic) bond motifs is 5. The van der Waals surface area contributed by atoms with Crippen molar-refractivity contribution >= 4 is 23.4 Å². The molecule has 4 rings (SSSR count). The van der Waals surface area contributed by atoms with E-state index in [9.17, 15) is 4.79 Å². The van der Waals surface area contributed by atoms with Gasteiger partial charge in [-0.25, -0.2) is 4.98 Å². The first kappa shape index (κ1) is 17.5. The minimum atomic E-state index is -0.297. The predicted octanol–water partition coefficient (Wildman–Crippen LogP) is 4.17. The van der Waals surface area contributed by atoms with Crippen LogP contribution >= 0.6 is 11.8 Å². The van der Waals surface area contributed by atoms with Gasteiger partial charge in [0, 0.05) is 17.0 Å². The molecule has 0 aliphatic heterocycles. The number of carbonyl (C=O) groups is 1. The number of nitrogens with one attached hydrogen (secondary N) is 1. The Kier molecular flexibility index (Phi) is 4.06. The molecule has 0 saturated heterocycles. The maximum Gasteiger partial charge on any atom is 0.237 e. The van der Waals surface area contributed by atoms with Crippen LogP contribution in [0.15, 0.2) is 35.5 Å². The molecule has 0 unspecified atom stereocenters. The van der Waals surface area contributed by atoms with Crippen molar-refractivity contribution in [1.82, 2.24) is 15.2 Å². The molecule has 2 bridgehead atoms. The van der Waals surface area contributed by atoms with Gasteiger partial charge in [-0.3, -0.25) is 4.79 Å². The second kappa shape index (κ2) is 6.05. The fourth-order valence-electron chi connectivity index (χ4n) is 4.39. The number of carbonyl (C=O) groups excluding carboxylic acids is 1. The Labute approximate surface area is 158 Å². The molecule has 1 aromatic heterocycles. The Morgan fingerprint density at radius 3 is 2.69 bits per heavy atom. The van der Waals surface area contributed by atoms with Crippen LogP contribution < -0.4 is 5.32 Å².